The lowest BCUT2D eigenvalue weighted by molar-refractivity contribution is -0.111. The van der Waals surface area contributed by atoms with Gasteiger partial charge >= 0.3 is 0 Å². The molecule has 11 nitrogen and oxygen atoms in total. The van der Waals surface area contributed by atoms with Crippen molar-refractivity contribution < 1.29 is 14.3 Å². The van der Waals surface area contributed by atoms with Gasteiger partial charge in [-0.2, -0.15) is 4.98 Å². The minimum atomic E-state index is -0.313. The van der Waals surface area contributed by atoms with Crippen LogP contribution in [-0.2, 0) is 4.79 Å². The van der Waals surface area contributed by atoms with Crippen molar-refractivity contribution in [2.24, 2.45) is 0 Å². The lowest BCUT2D eigenvalue weighted by Crippen LogP contribution is -2.51. The van der Waals surface area contributed by atoms with E-state index in [0.29, 0.717) is 40.2 Å². The van der Waals surface area contributed by atoms with Crippen LogP contribution in [0.2, 0.25) is 5.02 Å². The third kappa shape index (κ3) is 7.23. The first-order valence-electron chi connectivity index (χ1n) is 14.9. The standard InChI is InChI=1S/C32H39ClN8O3/c1-4-29(42)36-25-18-26(28(44-3)19-27(25)41-16-14-40(15-17-41)21-10-6-5-7-11-21)38-32-35-20-23(33)30(39-32)37-24-13-9-8-12-22(24)31(43)34-2/h4,8-9,12-13,18-21H,1,5-7,10-11,14-17H2,2-3H3,(H,34,43)(H,36,42)(H2,35,37,38,39). The summed E-state index contributed by atoms with van der Waals surface area (Å²) in [6.45, 7) is 7.25. The van der Waals surface area contributed by atoms with E-state index in [9.17, 15) is 9.59 Å². The Labute approximate surface area is 263 Å². The van der Waals surface area contributed by atoms with E-state index in [1.807, 2.05) is 18.2 Å². The lowest BCUT2D eigenvalue weighted by atomic mass is 9.94. The fourth-order valence-electron chi connectivity index (χ4n) is 5.84. The second kappa shape index (κ2) is 14.4. The van der Waals surface area contributed by atoms with Crippen LogP contribution in [0.5, 0.6) is 5.75 Å². The molecule has 1 aromatic heterocycles. The third-order valence-electron chi connectivity index (χ3n) is 8.15. The molecule has 1 saturated carbocycles. The predicted molar refractivity (Wildman–Crippen MR) is 176 cm³/mol. The number of ether oxygens (including phenoxy) is 1. The fourth-order valence-corrected chi connectivity index (χ4v) is 5.98. The van der Waals surface area contributed by atoms with E-state index >= 15 is 0 Å². The Kier molecular flexibility index (Phi) is 10.2. The van der Waals surface area contributed by atoms with Crippen molar-refractivity contribution >= 4 is 57.9 Å². The Morgan fingerprint density at radius 2 is 1.77 bits per heavy atom. The van der Waals surface area contributed by atoms with Gasteiger partial charge in [0.05, 0.1) is 41.6 Å². The van der Waals surface area contributed by atoms with Crippen molar-refractivity contribution in [3.8, 4) is 5.75 Å². The summed E-state index contributed by atoms with van der Waals surface area (Å²) in [6.07, 6.45) is 9.24. The molecule has 5 rings (SSSR count). The number of nitrogens with one attached hydrogen (secondary N) is 4. The summed E-state index contributed by atoms with van der Waals surface area (Å²) in [4.78, 5) is 38.6. The first-order chi connectivity index (χ1) is 21.4. The van der Waals surface area contributed by atoms with E-state index in [-0.39, 0.29) is 22.8 Å². The van der Waals surface area contributed by atoms with Crippen LogP contribution in [0.3, 0.4) is 0 Å². The number of aromatic nitrogens is 2. The SMILES string of the molecule is C=CC(=O)Nc1cc(Nc2ncc(Cl)c(Nc3ccccc3C(=O)NC)n2)c(OC)cc1N1CCN(C2CCCCC2)CC1. The summed E-state index contributed by atoms with van der Waals surface area (Å²) in [5.41, 5.74) is 3.03. The Balaban J connectivity index is 1.40. The van der Waals surface area contributed by atoms with Gasteiger partial charge in [0, 0.05) is 45.3 Å². The Bertz CT molecular complexity index is 1500. The van der Waals surface area contributed by atoms with Crippen molar-refractivity contribution in [3.63, 3.8) is 0 Å². The van der Waals surface area contributed by atoms with Gasteiger partial charge in [-0.05, 0) is 37.1 Å². The monoisotopic (exact) mass is 618 g/mol. The molecule has 1 saturated heterocycles. The second-order valence-electron chi connectivity index (χ2n) is 10.8. The van der Waals surface area contributed by atoms with Gasteiger partial charge in [0.15, 0.2) is 5.82 Å². The van der Waals surface area contributed by atoms with Gasteiger partial charge in [0.1, 0.15) is 10.8 Å². The highest BCUT2D eigenvalue weighted by Crippen LogP contribution is 2.39. The number of rotatable bonds is 10. The summed E-state index contributed by atoms with van der Waals surface area (Å²) < 4.78 is 5.78. The Hall–Kier alpha value is -4.35. The summed E-state index contributed by atoms with van der Waals surface area (Å²) in [5, 5.41) is 12.2. The van der Waals surface area contributed by atoms with E-state index < -0.39 is 0 Å². The molecule has 0 spiro atoms. The number of carbonyl (C=O) groups is 2. The normalized spacial score (nSPS) is 15.8. The number of carbonyl (C=O) groups excluding carboxylic acids is 2. The minimum absolute atomic E-state index is 0.238. The molecule has 0 bridgehead atoms. The van der Waals surface area contributed by atoms with E-state index in [4.69, 9.17) is 16.3 Å². The largest absolute Gasteiger partial charge is 0.494 e. The summed E-state index contributed by atoms with van der Waals surface area (Å²) in [6, 6.07) is 11.5. The van der Waals surface area contributed by atoms with Gasteiger partial charge in [-0.15, -0.1) is 0 Å². The first-order valence-corrected chi connectivity index (χ1v) is 15.3. The zero-order valence-electron chi connectivity index (χ0n) is 25.2. The third-order valence-corrected chi connectivity index (χ3v) is 8.43. The van der Waals surface area contributed by atoms with Crippen LogP contribution in [-0.4, -0.2) is 73.1 Å². The predicted octanol–water partition coefficient (Wildman–Crippen LogP) is 5.56. The molecule has 2 aromatic carbocycles. The number of hydrogen-bond donors (Lipinski definition) is 4. The van der Waals surface area contributed by atoms with Gasteiger partial charge in [-0.25, -0.2) is 4.98 Å². The van der Waals surface area contributed by atoms with Crippen LogP contribution in [0.15, 0.2) is 55.3 Å². The molecule has 4 N–H and O–H groups in total. The number of piperazine rings is 1. The van der Waals surface area contributed by atoms with Gasteiger partial charge in [-0.1, -0.05) is 49.6 Å². The van der Waals surface area contributed by atoms with Crippen molar-refractivity contribution in [2.45, 2.75) is 38.1 Å². The van der Waals surface area contributed by atoms with Crippen LogP contribution >= 0.6 is 11.6 Å². The zero-order valence-corrected chi connectivity index (χ0v) is 25.9. The topological polar surface area (TPSA) is 124 Å². The zero-order chi connectivity index (χ0) is 31.1. The van der Waals surface area contributed by atoms with Crippen LogP contribution in [0, 0.1) is 0 Å². The molecule has 2 fully saturated rings. The molecule has 0 unspecified atom stereocenters. The average Bonchev–Trinajstić information content (AvgIpc) is 3.06. The highest BCUT2D eigenvalue weighted by atomic mass is 35.5. The molecule has 2 aliphatic rings. The molecule has 1 aliphatic heterocycles. The number of amides is 2. The number of anilines is 6. The van der Waals surface area contributed by atoms with Crippen LogP contribution in [0.1, 0.15) is 42.5 Å². The fraction of sp³-hybridized carbons (Fsp3) is 0.375. The second-order valence-corrected chi connectivity index (χ2v) is 11.2. The quantitative estimate of drug-likeness (QED) is 0.216. The first kappa shape index (κ1) is 31.1. The molecule has 0 radical (unpaired) electrons. The maximum absolute atomic E-state index is 12.5. The van der Waals surface area contributed by atoms with Gasteiger partial charge in [0.25, 0.3) is 5.91 Å². The molecular formula is C32H39ClN8O3. The maximum atomic E-state index is 12.5. The van der Waals surface area contributed by atoms with E-state index in [0.717, 1.165) is 31.9 Å². The molecular weight excluding hydrogens is 580 g/mol. The minimum Gasteiger partial charge on any atom is -0.494 e. The molecule has 12 heteroatoms. The molecule has 3 aromatic rings. The molecule has 2 amide bonds. The average molecular weight is 619 g/mol. The highest BCUT2D eigenvalue weighted by Gasteiger charge is 2.27. The number of para-hydroxylation sites is 1. The number of hydrogen-bond acceptors (Lipinski definition) is 9. The van der Waals surface area contributed by atoms with Gasteiger partial charge < -0.3 is 30.9 Å². The number of halogens is 1. The van der Waals surface area contributed by atoms with Crippen molar-refractivity contribution in [3.05, 3.63) is 65.8 Å². The summed E-state index contributed by atoms with van der Waals surface area (Å²) in [7, 11) is 3.17. The van der Waals surface area contributed by atoms with E-state index in [2.05, 4.69) is 47.6 Å². The number of methoxy groups -OCH3 is 1. The van der Waals surface area contributed by atoms with Gasteiger partial charge in [-0.3, -0.25) is 14.5 Å². The maximum Gasteiger partial charge on any atom is 0.253 e. The number of nitrogens with zero attached hydrogens (tertiary/aromatic N) is 4. The molecule has 44 heavy (non-hydrogen) atoms. The molecule has 2 heterocycles. The lowest BCUT2D eigenvalue weighted by Gasteiger charge is -2.42. The van der Waals surface area contributed by atoms with Gasteiger partial charge in [0.2, 0.25) is 11.9 Å². The summed E-state index contributed by atoms with van der Waals surface area (Å²) >= 11 is 6.43. The summed E-state index contributed by atoms with van der Waals surface area (Å²) in [5.74, 6) is 0.553. The van der Waals surface area contributed by atoms with E-state index in [1.165, 1.54) is 44.4 Å². The highest BCUT2D eigenvalue weighted by molar-refractivity contribution is 6.33. The molecule has 0 atom stereocenters. The van der Waals surface area contributed by atoms with Crippen LogP contribution < -0.4 is 30.9 Å². The number of benzene rings is 2. The Morgan fingerprint density at radius 3 is 2.48 bits per heavy atom. The van der Waals surface area contributed by atoms with Crippen molar-refractivity contribution in [1.82, 2.24) is 20.2 Å². The van der Waals surface area contributed by atoms with Crippen LogP contribution in [0.25, 0.3) is 0 Å². The van der Waals surface area contributed by atoms with Crippen LogP contribution in [0.4, 0.5) is 34.5 Å². The van der Waals surface area contributed by atoms with E-state index in [1.54, 1.807) is 32.4 Å². The molecule has 232 valence electrons. The Morgan fingerprint density at radius 1 is 1.02 bits per heavy atom. The smallest absolute Gasteiger partial charge is 0.253 e. The van der Waals surface area contributed by atoms with Crippen molar-refractivity contribution in [1.29, 1.82) is 0 Å². The van der Waals surface area contributed by atoms with Crippen molar-refractivity contribution in [2.75, 3.05) is 61.2 Å². The molecule has 1 aliphatic carbocycles.